The number of benzene rings is 1. The summed E-state index contributed by atoms with van der Waals surface area (Å²) >= 11 is 0. The van der Waals surface area contributed by atoms with Gasteiger partial charge >= 0.3 is 6.03 Å². The molecule has 1 atom stereocenters. The van der Waals surface area contributed by atoms with Gasteiger partial charge in [-0.15, -0.1) is 0 Å². The van der Waals surface area contributed by atoms with Crippen LogP contribution >= 0.6 is 0 Å². The Labute approximate surface area is 127 Å². The molecule has 1 aromatic rings. The van der Waals surface area contributed by atoms with Crippen molar-refractivity contribution in [1.29, 1.82) is 0 Å². The second-order valence-electron chi connectivity index (χ2n) is 5.76. The van der Waals surface area contributed by atoms with E-state index in [1.54, 1.807) is 0 Å². The Morgan fingerprint density at radius 1 is 1.29 bits per heavy atom. The number of anilines is 1. The first-order valence-corrected chi connectivity index (χ1v) is 8.06. The van der Waals surface area contributed by atoms with Gasteiger partial charge in [-0.05, 0) is 50.4 Å². The maximum atomic E-state index is 12.3. The van der Waals surface area contributed by atoms with Gasteiger partial charge in [-0.3, -0.25) is 0 Å². The van der Waals surface area contributed by atoms with Crippen molar-refractivity contribution in [2.45, 2.75) is 52.1 Å². The summed E-state index contributed by atoms with van der Waals surface area (Å²) in [5.74, 6) is 0. The fraction of sp³-hybridized carbons (Fsp3) is 0.588. The highest BCUT2D eigenvalue weighted by atomic mass is 16.2. The lowest BCUT2D eigenvalue weighted by atomic mass is 10.1. The summed E-state index contributed by atoms with van der Waals surface area (Å²) in [5, 5.41) is 6.40. The molecular formula is C17H27N3O. The number of hydrogen-bond donors (Lipinski definition) is 2. The largest absolute Gasteiger partial charge is 0.322 e. The van der Waals surface area contributed by atoms with E-state index < -0.39 is 0 Å². The summed E-state index contributed by atoms with van der Waals surface area (Å²) in [6.07, 6.45) is 3.29. The van der Waals surface area contributed by atoms with Crippen LogP contribution in [0.15, 0.2) is 24.3 Å². The highest BCUT2D eigenvalue weighted by Crippen LogP contribution is 2.27. The van der Waals surface area contributed by atoms with Gasteiger partial charge in [-0.25, -0.2) is 4.79 Å². The van der Waals surface area contributed by atoms with Gasteiger partial charge in [0.1, 0.15) is 0 Å². The molecule has 1 unspecified atom stereocenters. The summed E-state index contributed by atoms with van der Waals surface area (Å²) in [7, 11) is 0. The summed E-state index contributed by atoms with van der Waals surface area (Å²) in [4.78, 5) is 14.3. The van der Waals surface area contributed by atoms with E-state index in [9.17, 15) is 4.79 Å². The lowest BCUT2D eigenvalue weighted by Gasteiger charge is -2.22. The van der Waals surface area contributed by atoms with Crippen LogP contribution in [0.2, 0.25) is 0 Å². The molecule has 4 heteroatoms. The van der Waals surface area contributed by atoms with Crippen molar-refractivity contribution < 1.29 is 4.79 Å². The molecule has 0 spiro atoms. The van der Waals surface area contributed by atoms with Crippen molar-refractivity contribution in [3.63, 3.8) is 0 Å². The maximum absolute atomic E-state index is 12.3. The summed E-state index contributed by atoms with van der Waals surface area (Å²) in [6.45, 7) is 8.15. The molecule has 2 amide bonds. The van der Waals surface area contributed by atoms with Gasteiger partial charge in [-0.2, -0.15) is 0 Å². The van der Waals surface area contributed by atoms with Crippen LogP contribution in [0.25, 0.3) is 0 Å². The molecule has 0 saturated heterocycles. The molecule has 1 fully saturated rings. The minimum Gasteiger partial charge on any atom is -0.322 e. The first kappa shape index (κ1) is 15.8. The number of carbonyl (C=O) groups is 1. The molecule has 116 valence electrons. The molecule has 1 aliphatic carbocycles. The zero-order valence-electron chi connectivity index (χ0n) is 13.4. The zero-order valence-corrected chi connectivity index (χ0v) is 13.4. The average molecular weight is 289 g/mol. The van der Waals surface area contributed by atoms with Gasteiger partial charge < -0.3 is 15.5 Å². The summed E-state index contributed by atoms with van der Waals surface area (Å²) < 4.78 is 0. The van der Waals surface area contributed by atoms with Crippen LogP contribution in [0.5, 0.6) is 0 Å². The highest BCUT2D eigenvalue weighted by molar-refractivity contribution is 5.89. The van der Waals surface area contributed by atoms with Crippen LogP contribution in [-0.4, -0.2) is 30.1 Å². The molecule has 0 heterocycles. The first-order chi connectivity index (χ1) is 10.2. The van der Waals surface area contributed by atoms with Crippen LogP contribution in [0, 0.1) is 0 Å². The normalized spacial score (nSPS) is 15.6. The average Bonchev–Trinajstić information content (AvgIpc) is 3.30. The highest BCUT2D eigenvalue weighted by Gasteiger charge is 2.31. The van der Waals surface area contributed by atoms with Crippen molar-refractivity contribution in [2.75, 3.05) is 18.4 Å². The van der Waals surface area contributed by atoms with E-state index >= 15 is 0 Å². The number of urea groups is 1. The molecule has 21 heavy (non-hydrogen) atoms. The molecule has 1 aromatic carbocycles. The molecule has 1 aliphatic rings. The second kappa shape index (κ2) is 7.46. The standard InChI is InChI=1S/C17H27N3O/c1-4-12-20(16-10-11-16)17(21)19-15-8-6-14(7-9-15)13(3)18-5-2/h6-9,13,16,18H,4-5,10-12H2,1-3H3,(H,19,21). The third-order valence-corrected chi connectivity index (χ3v) is 3.89. The van der Waals surface area contributed by atoms with Crippen LogP contribution < -0.4 is 10.6 Å². The molecule has 0 aromatic heterocycles. The predicted octanol–water partition coefficient (Wildman–Crippen LogP) is 3.76. The van der Waals surface area contributed by atoms with Gasteiger partial charge in [0.25, 0.3) is 0 Å². The van der Waals surface area contributed by atoms with Crippen LogP contribution in [0.3, 0.4) is 0 Å². The Kier molecular flexibility index (Phi) is 5.62. The maximum Gasteiger partial charge on any atom is 0.322 e. The smallest absolute Gasteiger partial charge is 0.322 e. The van der Waals surface area contributed by atoms with Crippen LogP contribution in [0.1, 0.15) is 51.6 Å². The van der Waals surface area contributed by atoms with Gasteiger partial charge in [0.05, 0.1) is 0 Å². The van der Waals surface area contributed by atoms with Gasteiger partial charge in [0.2, 0.25) is 0 Å². The van der Waals surface area contributed by atoms with Crippen molar-refractivity contribution in [2.24, 2.45) is 0 Å². The number of carbonyl (C=O) groups excluding carboxylic acids is 1. The molecular weight excluding hydrogens is 262 g/mol. The zero-order chi connectivity index (χ0) is 15.2. The first-order valence-electron chi connectivity index (χ1n) is 8.06. The van der Waals surface area contributed by atoms with E-state index in [4.69, 9.17) is 0 Å². The van der Waals surface area contributed by atoms with E-state index in [1.807, 2.05) is 17.0 Å². The number of nitrogens with one attached hydrogen (secondary N) is 2. The van der Waals surface area contributed by atoms with Crippen molar-refractivity contribution in [3.05, 3.63) is 29.8 Å². The van der Waals surface area contributed by atoms with Gasteiger partial charge in [-0.1, -0.05) is 26.0 Å². The number of nitrogens with zero attached hydrogens (tertiary/aromatic N) is 1. The Morgan fingerprint density at radius 2 is 1.95 bits per heavy atom. The quantitative estimate of drug-likeness (QED) is 0.802. The van der Waals surface area contributed by atoms with E-state index in [0.29, 0.717) is 12.1 Å². The van der Waals surface area contributed by atoms with Crippen molar-refractivity contribution >= 4 is 11.7 Å². The third-order valence-electron chi connectivity index (χ3n) is 3.89. The molecule has 0 bridgehead atoms. The second-order valence-corrected chi connectivity index (χ2v) is 5.76. The number of rotatable bonds is 7. The monoisotopic (exact) mass is 289 g/mol. The van der Waals surface area contributed by atoms with E-state index in [0.717, 1.165) is 38.0 Å². The Balaban J connectivity index is 1.94. The molecule has 0 aliphatic heterocycles. The van der Waals surface area contributed by atoms with Crippen LogP contribution in [0.4, 0.5) is 10.5 Å². The number of hydrogen-bond acceptors (Lipinski definition) is 2. The molecule has 0 radical (unpaired) electrons. The topological polar surface area (TPSA) is 44.4 Å². The van der Waals surface area contributed by atoms with Crippen molar-refractivity contribution in [3.8, 4) is 0 Å². The lowest BCUT2D eigenvalue weighted by molar-refractivity contribution is 0.209. The summed E-state index contributed by atoms with van der Waals surface area (Å²) in [5.41, 5.74) is 2.11. The van der Waals surface area contributed by atoms with E-state index in [2.05, 4.69) is 43.5 Å². The van der Waals surface area contributed by atoms with Crippen molar-refractivity contribution in [1.82, 2.24) is 10.2 Å². The third kappa shape index (κ3) is 4.46. The Hall–Kier alpha value is -1.55. The molecule has 1 saturated carbocycles. The fourth-order valence-electron chi connectivity index (χ4n) is 2.55. The Morgan fingerprint density at radius 3 is 2.48 bits per heavy atom. The van der Waals surface area contributed by atoms with Crippen LogP contribution in [-0.2, 0) is 0 Å². The van der Waals surface area contributed by atoms with Gasteiger partial charge in [0, 0.05) is 24.3 Å². The fourth-order valence-corrected chi connectivity index (χ4v) is 2.55. The lowest BCUT2D eigenvalue weighted by Crippen LogP contribution is -2.37. The predicted molar refractivity (Wildman–Crippen MR) is 87.6 cm³/mol. The summed E-state index contributed by atoms with van der Waals surface area (Å²) in [6, 6.07) is 8.94. The molecule has 4 nitrogen and oxygen atoms in total. The van der Waals surface area contributed by atoms with Gasteiger partial charge in [0.15, 0.2) is 0 Å². The molecule has 2 N–H and O–H groups in total. The minimum absolute atomic E-state index is 0.0341. The SMILES string of the molecule is CCCN(C(=O)Nc1ccc(C(C)NCC)cc1)C1CC1. The molecule has 2 rings (SSSR count). The minimum atomic E-state index is 0.0341. The Bertz CT molecular complexity index is 454. The number of amides is 2. The van der Waals surface area contributed by atoms with E-state index in [-0.39, 0.29) is 6.03 Å². The van der Waals surface area contributed by atoms with E-state index in [1.165, 1.54) is 5.56 Å².